The fourth-order valence-electron chi connectivity index (χ4n) is 2.45. The van der Waals surface area contributed by atoms with Gasteiger partial charge in [-0.2, -0.15) is 0 Å². The van der Waals surface area contributed by atoms with E-state index in [-0.39, 0.29) is 11.1 Å². The molecule has 0 radical (unpaired) electrons. The van der Waals surface area contributed by atoms with Gasteiger partial charge in [0.05, 0.1) is 0 Å². The van der Waals surface area contributed by atoms with Crippen molar-refractivity contribution < 1.29 is 29.0 Å². The minimum Gasteiger partial charge on any atom is -0.506 e. The smallest absolute Gasteiger partial charge is 0.322 e. The lowest BCUT2D eigenvalue weighted by molar-refractivity contribution is -0.137. The summed E-state index contributed by atoms with van der Waals surface area (Å²) in [4.78, 5) is 34.7. The van der Waals surface area contributed by atoms with Gasteiger partial charge in [-0.3, -0.25) is 14.4 Å². The van der Waals surface area contributed by atoms with Gasteiger partial charge in [-0.25, -0.2) is 4.39 Å². The molecule has 0 aliphatic heterocycles. The van der Waals surface area contributed by atoms with Gasteiger partial charge in [0.1, 0.15) is 23.7 Å². The summed E-state index contributed by atoms with van der Waals surface area (Å²) in [5, 5.41) is 20.8. The Morgan fingerprint density at radius 2 is 2.00 bits per heavy atom. The molecule has 1 atom stereocenters. The second kappa shape index (κ2) is 5.59. The molecule has 1 aliphatic rings. The summed E-state index contributed by atoms with van der Waals surface area (Å²) in [5.74, 6) is -4.86. The van der Waals surface area contributed by atoms with Gasteiger partial charge in [0.2, 0.25) is 0 Å². The van der Waals surface area contributed by atoms with Crippen molar-refractivity contribution >= 4 is 23.4 Å². The number of aliphatic carboxylic acids is 1. The number of aliphatic hydroxyl groups excluding tert-OH is 1. The molecule has 0 heterocycles. The number of Topliss-reactive ketones (excluding diaryl/α,β-unsaturated/α-hetero) is 1. The van der Waals surface area contributed by atoms with E-state index < -0.39 is 47.3 Å². The van der Waals surface area contributed by atoms with E-state index in [1.165, 1.54) is 26.0 Å². The van der Waals surface area contributed by atoms with Crippen LogP contribution in [0, 0.1) is 12.7 Å². The molecule has 2 rings (SSSR count). The van der Waals surface area contributed by atoms with Crippen LogP contribution >= 0.6 is 0 Å². The summed E-state index contributed by atoms with van der Waals surface area (Å²) in [6.45, 7) is 2.28. The Labute approximate surface area is 125 Å². The van der Waals surface area contributed by atoms with Crippen molar-refractivity contribution in [3.63, 3.8) is 0 Å². The fraction of sp³-hybridized carbons (Fsp3) is 0.267. The summed E-state index contributed by atoms with van der Waals surface area (Å²) in [5.41, 5.74) is 0.108. The number of amides is 1. The Bertz CT molecular complexity index is 723. The van der Waals surface area contributed by atoms with Crippen molar-refractivity contribution in [1.29, 1.82) is 0 Å². The maximum Gasteiger partial charge on any atom is 0.322 e. The number of carbonyl (C=O) groups excluding carboxylic acids is 2. The summed E-state index contributed by atoms with van der Waals surface area (Å²) in [6.07, 6.45) is 0. The number of rotatable bonds is 3. The molecule has 3 N–H and O–H groups in total. The van der Waals surface area contributed by atoms with E-state index >= 15 is 0 Å². The van der Waals surface area contributed by atoms with E-state index in [1.807, 2.05) is 5.32 Å². The lowest BCUT2D eigenvalue weighted by Crippen LogP contribution is -2.36. The third kappa shape index (κ3) is 2.45. The van der Waals surface area contributed by atoms with Crippen LogP contribution in [-0.2, 0) is 14.4 Å². The molecule has 6 nitrogen and oxygen atoms in total. The number of nitrogens with one attached hydrogen (secondary N) is 1. The third-order valence-electron chi connectivity index (χ3n) is 3.64. The van der Waals surface area contributed by atoms with Crippen molar-refractivity contribution in [3.05, 3.63) is 40.2 Å². The Hall–Kier alpha value is -2.70. The Morgan fingerprint density at radius 3 is 2.59 bits per heavy atom. The maximum atomic E-state index is 13.7. The molecule has 1 amide bonds. The molecular weight excluding hydrogens is 293 g/mol. The first-order valence-corrected chi connectivity index (χ1v) is 6.52. The van der Waals surface area contributed by atoms with Crippen LogP contribution < -0.4 is 5.32 Å². The number of carboxylic acids is 1. The van der Waals surface area contributed by atoms with Gasteiger partial charge in [0.25, 0.3) is 5.91 Å². The molecule has 0 aromatic heterocycles. The van der Waals surface area contributed by atoms with Crippen LogP contribution in [0.2, 0.25) is 0 Å². The minimum atomic E-state index is -1.28. The van der Waals surface area contributed by atoms with Gasteiger partial charge in [0, 0.05) is 11.5 Å². The first kappa shape index (κ1) is 15.7. The van der Waals surface area contributed by atoms with Gasteiger partial charge < -0.3 is 15.5 Å². The van der Waals surface area contributed by atoms with E-state index in [4.69, 9.17) is 5.11 Å². The summed E-state index contributed by atoms with van der Waals surface area (Å²) < 4.78 is 13.7. The zero-order chi connectivity index (χ0) is 16.6. The number of carbonyl (C=O) groups is 3. The highest BCUT2D eigenvalue weighted by atomic mass is 19.1. The topological polar surface area (TPSA) is 104 Å². The first-order valence-electron chi connectivity index (χ1n) is 6.52. The van der Waals surface area contributed by atoms with Crippen LogP contribution in [0.25, 0.3) is 5.76 Å². The molecule has 0 spiro atoms. The van der Waals surface area contributed by atoms with E-state index in [2.05, 4.69) is 0 Å². The number of hydrogen-bond donors (Lipinski definition) is 3. The van der Waals surface area contributed by atoms with Crippen molar-refractivity contribution in [2.75, 3.05) is 6.54 Å². The largest absolute Gasteiger partial charge is 0.506 e. The predicted molar refractivity (Wildman–Crippen MR) is 74.8 cm³/mol. The number of ketones is 1. The monoisotopic (exact) mass is 307 g/mol. The molecule has 1 unspecified atom stereocenters. The second-order valence-corrected chi connectivity index (χ2v) is 5.02. The molecule has 0 bridgehead atoms. The number of aliphatic hydroxyl groups is 1. The van der Waals surface area contributed by atoms with Crippen LogP contribution in [0.3, 0.4) is 0 Å². The van der Waals surface area contributed by atoms with E-state index in [9.17, 15) is 23.9 Å². The molecule has 0 fully saturated rings. The van der Waals surface area contributed by atoms with E-state index in [0.29, 0.717) is 5.56 Å². The SMILES string of the molecule is Cc1c(F)ccc2c1C(O)=C(C(=O)NCC(=O)O)C(=O)C2C. The number of carboxylic acid groups (broad SMARTS) is 1. The lowest BCUT2D eigenvalue weighted by Gasteiger charge is -2.25. The first-order chi connectivity index (χ1) is 10.3. The molecule has 1 aromatic carbocycles. The van der Waals surface area contributed by atoms with Gasteiger partial charge in [-0.1, -0.05) is 13.0 Å². The molecule has 0 saturated carbocycles. The molecule has 116 valence electrons. The molecular formula is C15H14FNO5. The van der Waals surface area contributed by atoms with Gasteiger partial charge in [0.15, 0.2) is 5.78 Å². The summed E-state index contributed by atoms with van der Waals surface area (Å²) in [7, 11) is 0. The molecule has 22 heavy (non-hydrogen) atoms. The zero-order valence-corrected chi connectivity index (χ0v) is 11.9. The highest BCUT2D eigenvalue weighted by Gasteiger charge is 2.36. The minimum absolute atomic E-state index is 0.104. The lowest BCUT2D eigenvalue weighted by atomic mass is 9.80. The molecule has 7 heteroatoms. The molecule has 0 saturated heterocycles. The Kier molecular flexibility index (Phi) is 3.99. The van der Waals surface area contributed by atoms with Crippen molar-refractivity contribution in [2.24, 2.45) is 0 Å². The van der Waals surface area contributed by atoms with Gasteiger partial charge in [-0.15, -0.1) is 0 Å². The van der Waals surface area contributed by atoms with E-state index in [1.54, 1.807) is 0 Å². The summed E-state index contributed by atoms with van der Waals surface area (Å²) in [6, 6.07) is 2.59. The highest BCUT2D eigenvalue weighted by molar-refractivity contribution is 6.27. The zero-order valence-electron chi connectivity index (χ0n) is 11.9. The third-order valence-corrected chi connectivity index (χ3v) is 3.64. The van der Waals surface area contributed by atoms with Crippen LogP contribution in [-0.4, -0.2) is 34.4 Å². The number of hydrogen-bond acceptors (Lipinski definition) is 4. The normalized spacial score (nSPS) is 17.2. The number of benzene rings is 1. The quantitative estimate of drug-likeness (QED) is 0.730. The average molecular weight is 307 g/mol. The average Bonchev–Trinajstić information content (AvgIpc) is 2.45. The van der Waals surface area contributed by atoms with Gasteiger partial charge >= 0.3 is 5.97 Å². The van der Waals surface area contributed by atoms with Crippen LogP contribution in [0.4, 0.5) is 4.39 Å². The number of fused-ring (bicyclic) bond motifs is 1. The molecule has 1 aliphatic carbocycles. The van der Waals surface area contributed by atoms with Crippen LogP contribution in [0.15, 0.2) is 17.7 Å². The van der Waals surface area contributed by atoms with E-state index in [0.717, 1.165) is 0 Å². The number of halogens is 1. The fourth-order valence-corrected chi connectivity index (χ4v) is 2.45. The maximum absolute atomic E-state index is 13.7. The van der Waals surface area contributed by atoms with Crippen molar-refractivity contribution in [2.45, 2.75) is 19.8 Å². The van der Waals surface area contributed by atoms with Crippen molar-refractivity contribution in [1.82, 2.24) is 5.32 Å². The Morgan fingerprint density at radius 1 is 1.36 bits per heavy atom. The van der Waals surface area contributed by atoms with Crippen molar-refractivity contribution in [3.8, 4) is 0 Å². The molecule has 1 aromatic rings. The predicted octanol–water partition coefficient (Wildman–Crippen LogP) is 1.29. The van der Waals surface area contributed by atoms with Crippen LogP contribution in [0.5, 0.6) is 0 Å². The van der Waals surface area contributed by atoms with Gasteiger partial charge in [-0.05, 0) is 24.1 Å². The standard InChI is InChI=1S/C15H14FNO5/c1-6-8-3-4-9(16)7(2)11(8)14(21)12(13(6)20)15(22)17-5-10(18)19/h3-4,6,21H,5H2,1-2H3,(H,17,22)(H,18,19). The second-order valence-electron chi connectivity index (χ2n) is 5.02. The summed E-state index contributed by atoms with van der Waals surface area (Å²) >= 11 is 0. The van der Waals surface area contributed by atoms with Crippen LogP contribution in [0.1, 0.15) is 29.5 Å². The Balaban J connectivity index is 2.57. The highest BCUT2D eigenvalue weighted by Crippen LogP contribution is 2.37.